The molecule has 4 heteroatoms. The van der Waals surface area contributed by atoms with Gasteiger partial charge in [-0.05, 0) is 43.4 Å². The van der Waals surface area contributed by atoms with E-state index in [9.17, 15) is 4.79 Å². The second-order valence-corrected chi connectivity index (χ2v) is 6.11. The lowest BCUT2D eigenvalue weighted by atomic mass is 10.1. The smallest absolute Gasteiger partial charge is 0.303 e. The van der Waals surface area contributed by atoms with Gasteiger partial charge in [0.25, 0.3) is 0 Å². The maximum absolute atomic E-state index is 10.7. The molecule has 4 nitrogen and oxygen atoms in total. The number of hydrogen-bond acceptors (Lipinski definition) is 3. The molecule has 2 heterocycles. The summed E-state index contributed by atoms with van der Waals surface area (Å²) in [6.45, 7) is 4.93. The lowest BCUT2D eigenvalue weighted by Gasteiger charge is -2.13. The Labute approximate surface area is 113 Å². The van der Waals surface area contributed by atoms with Gasteiger partial charge in [-0.1, -0.05) is 6.92 Å². The summed E-state index contributed by atoms with van der Waals surface area (Å²) in [5, 5.41) is 8.81. The van der Waals surface area contributed by atoms with Gasteiger partial charge in [-0.15, -0.1) is 0 Å². The van der Waals surface area contributed by atoms with Crippen molar-refractivity contribution >= 4 is 5.97 Å². The molecular weight excluding hydrogens is 242 g/mol. The molecule has 3 atom stereocenters. The van der Waals surface area contributed by atoms with Crippen LogP contribution in [0.3, 0.4) is 0 Å². The van der Waals surface area contributed by atoms with Crippen molar-refractivity contribution in [3.05, 3.63) is 23.7 Å². The molecule has 0 bridgehead atoms. The van der Waals surface area contributed by atoms with Crippen LogP contribution in [0.25, 0.3) is 0 Å². The minimum atomic E-state index is -0.685. The van der Waals surface area contributed by atoms with Crippen molar-refractivity contribution < 1.29 is 14.3 Å². The number of likely N-dealkylation sites (tertiary alicyclic amines) is 1. The van der Waals surface area contributed by atoms with Gasteiger partial charge in [0.15, 0.2) is 0 Å². The predicted molar refractivity (Wildman–Crippen MR) is 70.9 cm³/mol. The van der Waals surface area contributed by atoms with Gasteiger partial charge in [0.1, 0.15) is 11.5 Å². The molecule has 1 saturated heterocycles. The van der Waals surface area contributed by atoms with Gasteiger partial charge in [0, 0.05) is 18.9 Å². The van der Waals surface area contributed by atoms with E-state index < -0.39 is 5.97 Å². The first-order valence-electron chi connectivity index (χ1n) is 7.14. The Balaban J connectivity index is 1.52. The third-order valence-corrected chi connectivity index (χ3v) is 4.37. The molecule has 0 aromatic carbocycles. The molecule has 0 radical (unpaired) electrons. The van der Waals surface area contributed by atoms with Crippen LogP contribution in [0.4, 0.5) is 0 Å². The first-order chi connectivity index (χ1) is 9.11. The normalized spacial score (nSPS) is 30.7. The molecule has 1 aromatic heterocycles. The van der Waals surface area contributed by atoms with Crippen LogP contribution in [0.1, 0.15) is 43.6 Å². The molecule has 19 heavy (non-hydrogen) atoms. The number of carboxylic acid groups (broad SMARTS) is 1. The second-order valence-electron chi connectivity index (χ2n) is 6.11. The van der Waals surface area contributed by atoms with Gasteiger partial charge in [0.2, 0.25) is 0 Å². The molecule has 1 aliphatic heterocycles. The Morgan fingerprint density at radius 2 is 2.32 bits per heavy atom. The van der Waals surface area contributed by atoms with E-state index >= 15 is 0 Å². The quantitative estimate of drug-likeness (QED) is 0.887. The highest BCUT2D eigenvalue weighted by Gasteiger charge is 2.36. The van der Waals surface area contributed by atoms with Crippen LogP contribution >= 0.6 is 0 Å². The van der Waals surface area contributed by atoms with E-state index in [2.05, 4.69) is 24.0 Å². The van der Waals surface area contributed by atoms with Crippen molar-refractivity contribution in [2.45, 2.75) is 38.6 Å². The minimum Gasteiger partial charge on any atom is -0.481 e. The number of rotatable bonds is 5. The highest BCUT2D eigenvalue weighted by atomic mass is 16.4. The Hall–Kier alpha value is -1.29. The van der Waals surface area contributed by atoms with E-state index in [1.54, 1.807) is 0 Å². The van der Waals surface area contributed by atoms with E-state index in [-0.39, 0.29) is 0 Å². The summed E-state index contributed by atoms with van der Waals surface area (Å²) in [5.74, 6) is 3.16. The summed E-state index contributed by atoms with van der Waals surface area (Å²) in [7, 11) is 0. The summed E-state index contributed by atoms with van der Waals surface area (Å²) in [5.41, 5.74) is 0. The lowest BCUT2D eigenvalue weighted by Crippen LogP contribution is -2.20. The monoisotopic (exact) mass is 263 g/mol. The second kappa shape index (κ2) is 5.00. The standard InChI is InChI=1S/C15H21NO3/c1-10-6-13(10)14-3-2-12(19-14)9-16-5-4-11(8-16)7-15(17)18/h2-3,10-11,13H,4-9H2,1H3,(H,17,18). The summed E-state index contributed by atoms with van der Waals surface area (Å²) < 4.78 is 5.90. The fraction of sp³-hybridized carbons (Fsp3) is 0.667. The summed E-state index contributed by atoms with van der Waals surface area (Å²) in [4.78, 5) is 13.0. The molecule has 3 rings (SSSR count). The van der Waals surface area contributed by atoms with Crippen LogP contribution in [-0.4, -0.2) is 29.1 Å². The van der Waals surface area contributed by atoms with Crippen LogP contribution in [0, 0.1) is 11.8 Å². The maximum Gasteiger partial charge on any atom is 0.303 e. The maximum atomic E-state index is 10.7. The number of hydrogen-bond donors (Lipinski definition) is 1. The van der Waals surface area contributed by atoms with Gasteiger partial charge in [-0.25, -0.2) is 0 Å². The van der Waals surface area contributed by atoms with E-state index in [0.717, 1.165) is 43.5 Å². The average Bonchev–Trinajstić information content (AvgIpc) is 2.78. The van der Waals surface area contributed by atoms with Crippen LogP contribution in [-0.2, 0) is 11.3 Å². The Kier molecular flexibility index (Phi) is 3.35. The molecule has 3 unspecified atom stereocenters. The number of furan rings is 1. The van der Waals surface area contributed by atoms with Crippen molar-refractivity contribution in [1.29, 1.82) is 0 Å². The van der Waals surface area contributed by atoms with Crippen molar-refractivity contribution in [3.63, 3.8) is 0 Å². The van der Waals surface area contributed by atoms with Gasteiger partial charge >= 0.3 is 5.97 Å². The first-order valence-corrected chi connectivity index (χ1v) is 7.14. The van der Waals surface area contributed by atoms with Gasteiger partial charge in [-0.3, -0.25) is 9.69 Å². The van der Waals surface area contributed by atoms with E-state index in [1.165, 1.54) is 6.42 Å². The first kappa shape index (κ1) is 12.7. The molecule has 0 spiro atoms. The molecular formula is C15H21NO3. The number of carboxylic acids is 1. The molecule has 1 aliphatic carbocycles. The molecule has 104 valence electrons. The van der Waals surface area contributed by atoms with Crippen LogP contribution < -0.4 is 0 Å². The topological polar surface area (TPSA) is 53.7 Å². The van der Waals surface area contributed by atoms with Gasteiger partial charge in [0.05, 0.1) is 6.54 Å². The van der Waals surface area contributed by atoms with E-state index in [4.69, 9.17) is 9.52 Å². The zero-order chi connectivity index (χ0) is 13.4. The fourth-order valence-corrected chi connectivity index (χ4v) is 3.09. The molecule has 2 fully saturated rings. The molecule has 1 saturated carbocycles. The molecule has 1 aromatic rings. The van der Waals surface area contributed by atoms with Gasteiger partial charge < -0.3 is 9.52 Å². The van der Waals surface area contributed by atoms with Crippen molar-refractivity contribution in [2.24, 2.45) is 11.8 Å². The fourth-order valence-electron chi connectivity index (χ4n) is 3.09. The minimum absolute atomic E-state index is 0.291. The third kappa shape index (κ3) is 3.00. The van der Waals surface area contributed by atoms with Crippen LogP contribution in [0.5, 0.6) is 0 Å². The average molecular weight is 263 g/mol. The van der Waals surface area contributed by atoms with Crippen molar-refractivity contribution in [1.82, 2.24) is 4.90 Å². The van der Waals surface area contributed by atoms with Crippen molar-refractivity contribution in [3.8, 4) is 0 Å². The van der Waals surface area contributed by atoms with Gasteiger partial charge in [-0.2, -0.15) is 0 Å². The lowest BCUT2D eigenvalue weighted by molar-refractivity contribution is -0.138. The summed E-state index contributed by atoms with van der Waals surface area (Å²) in [6.07, 6.45) is 2.52. The summed E-state index contributed by atoms with van der Waals surface area (Å²) in [6, 6.07) is 4.18. The van der Waals surface area contributed by atoms with Crippen LogP contribution in [0.15, 0.2) is 16.5 Å². The SMILES string of the molecule is CC1CC1c1ccc(CN2CCC(CC(=O)O)C2)o1. The Bertz CT molecular complexity index is 468. The zero-order valence-electron chi connectivity index (χ0n) is 11.3. The highest BCUT2D eigenvalue weighted by molar-refractivity contribution is 5.67. The molecule has 2 aliphatic rings. The highest BCUT2D eigenvalue weighted by Crippen LogP contribution is 2.47. The van der Waals surface area contributed by atoms with Crippen molar-refractivity contribution in [2.75, 3.05) is 13.1 Å². The van der Waals surface area contributed by atoms with E-state index in [1.807, 2.05) is 0 Å². The zero-order valence-corrected chi connectivity index (χ0v) is 11.3. The summed E-state index contributed by atoms with van der Waals surface area (Å²) >= 11 is 0. The number of nitrogens with zero attached hydrogens (tertiary/aromatic N) is 1. The third-order valence-electron chi connectivity index (χ3n) is 4.37. The predicted octanol–water partition coefficient (Wildman–Crippen LogP) is 2.70. The van der Waals surface area contributed by atoms with E-state index in [0.29, 0.717) is 18.3 Å². The Morgan fingerprint density at radius 1 is 1.53 bits per heavy atom. The molecule has 0 amide bonds. The number of aliphatic carboxylic acids is 1. The number of carbonyl (C=O) groups is 1. The largest absolute Gasteiger partial charge is 0.481 e. The molecule has 1 N–H and O–H groups in total. The Morgan fingerprint density at radius 3 is 3.00 bits per heavy atom. The van der Waals surface area contributed by atoms with Crippen LogP contribution in [0.2, 0.25) is 0 Å².